The summed E-state index contributed by atoms with van der Waals surface area (Å²) in [6.07, 6.45) is 3.92. The Kier molecular flexibility index (Phi) is 4.00. The van der Waals surface area contributed by atoms with E-state index in [1.165, 1.54) is 9.80 Å². The molecule has 7 heteroatoms. The van der Waals surface area contributed by atoms with Crippen LogP contribution in [0, 0.1) is 17.8 Å². The van der Waals surface area contributed by atoms with E-state index in [-0.39, 0.29) is 22.6 Å². The summed E-state index contributed by atoms with van der Waals surface area (Å²) >= 11 is 0. The number of carbonyl (C=O) groups is 1. The summed E-state index contributed by atoms with van der Waals surface area (Å²) in [5.41, 5.74) is 0.171. The number of carbonyl (C=O) groups excluding carboxylic acids is 1. The van der Waals surface area contributed by atoms with Crippen molar-refractivity contribution in [1.29, 1.82) is 0 Å². The van der Waals surface area contributed by atoms with Crippen LogP contribution in [0.5, 0.6) is 0 Å². The fraction of sp³-hybridized carbons (Fsp3) is 0.737. The van der Waals surface area contributed by atoms with E-state index in [1.54, 1.807) is 0 Å². The highest BCUT2D eigenvalue weighted by molar-refractivity contribution is 5.92. The quantitative estimate of drug-likeness (QED) is 0.504. The van der Waals surface area contributed by atoms with Crippen LogP contribution in [0.25, 0.3) is 0 Å². The Morgan fingerprint density at radius 1 is 0.923 bits per heavy atom. The number of nitrogens with one attached hydrogen (secondary N) is 4. The maximum Gasteiger partial charge on any atom is 0.325 e. The molecule has 142 valence electrons. The second-order valence-corrected chi connectivity index (χ2v) is 8.79. The fourth-order valence-corrected chi connectivity index (χ4v) is 6.47. The van der Waals surface area contributed by atoms with Crippen molar-refractivity contribution in [2.75, 3.05) is 26.2 Å². The largest absolute Gasteiger partial charge is 0.325 e. The highest BCUT2D eigenvalue weighted by Gasteiger charge is 2.71. The summed E-state index contributed by atoms with van der Waals surface area (Å²) in [6.45, 7) is 9.39. The second-order valence-electron chi connectivity index (χ2n) is 8.79. The molecule has 0 atom stereocenters. The summed E-state index contributed by atoms with van der Waals surface area (Å²) in [6, 6.07) is 0. The van der Waals surface area contributed by atoms with Gasteiger partial charge in [-0.25, -0.2) is 4.79 Å². The van der Waals surface area contributed by atoms with Crippen molar-refractivity contribution in [2.45, 2.75) is 52.6 Å². The van der Waals surface area contributed by atoms with Crippen LogP contribution in [0.2, 0.25) is 0 Å². The molecule has 4 aliphatic rings. The lowest BCUT2D eigenvalue weighted by atomic mass is 9.57. The van der Waals surface area contributed by atoms with E-state index in [0.29, 0.717) is 17.0 Å². The lowest BCUT2D eigenvalue weighted by Gasteiger charge is -2.60. The summed E-state index contributed by atoms with van der Waals surface area (Å²) in [4.78, 5) is 45.5. The Balaban J connectivity index is 1.80. The minimum Gasteiger partial charge on any atom is -0.311 e. The number of hydrogen-bond acceptors (Lipinski definition) is 3. The zero-order valence-corrected chi connectivity index (χ0v) is 16.0. The third kappa shape index (κ3) is 2.29. The van der Waals surface area contributed by atoms with Crippen molar-refractivity contribution in [2.24, 2.45) is 10.8 Å². The van der Waals surface area contributed by atoms with Crippen molar-refractivity contribution >= 4 is 5.78 Å². The van der Waals surface area contributed by atoms with E-state index in [1.807, 2.05) is 6.92 Å². The maximum atomic E-state index is 13.5. The number of H-pyrrole nitrogens is 2. The Bertz CT molecular complexity index is 811. The smallest absolute Gasteiger partial charge is 0.311 e. The van der Waals surface area contributed by atoms with Crippen molar-refractivity contribution in [3.8, 4) is 0 Å². The summed E-state index contributed by atoms with van der Waals surface area (Å²) < 4.78 is 0. The van der Waals surface area contributed by atoms with Crippen LogP contribution in [-0.2, 0) is 4.79 Å². The molecule has 0 saturated carbocycles. The van der Waals surface area contributed by atoms with Gasteiger partial charge in [-0.3, -0.25) is 24.4 Å². The molecule has 4 N–H and O–H groups in total. The van der Waals surface area contributed by atoms with Crippen LogP contribution in [0.3, 0.4) is 0 Å². The van der Waals surface area contributed by atoms with Gasteiger partial charge in [0.05, 0.1) is 0 Å². The summed E-state index contributed by atoms with van der Waals surface area (Å²) in [5.74, 6) is 0.492. The normalized spacial score (nSPS) is 38.1. The predicted molar refractivity (Wildman–Crippen MR) is 96.2 cm³/mol. The number of rotatable bonds is 5. The zero-order valence-electron chi connectivity index (χ0n) is 16.0. The highest BCUT2D eigenvalue weighted by atomic mass is 16.2. The van der Waals surface area contributed by atoms with Gasteiger partial charge in [0.25, 0.3) is 5.56 Å². The summed E-state index contributed by atoms with van der Waals surface area (Å²) in [5, 5.41) is 0. The third-order valence-electron chi connectivity index (χ3n) is 6.96. The number of aromatic nitrogens is 2. The van der Waals surface area contributed by atoms with Crippen molar-refractivity contribution in [1.82, 2.24) is 9.97 Å². The lowest BCUT2D eigenvalue weighted by Crippen LogP contribution is -3.41. The molecule has 0 aromatic carbocycles. The molecular weight excluding hydrogens is 332 g/mol. The Hall–Kier alpha value is -1.73. The van der Waals surface area contributed by atoms with Gasteiger partial charge in [0.1, 0.15) is 37.0 Å². The SMILES string of the molecule is CCCC12C[NH+]3CC(CCC)(C[NH+](C1)C3c1c(C)[nH]c(=O)[nH]c1=O)C2=O. The molecule has 4 fully saturated rings. The lowest BCUT2D eigenvalue weighted by molar-refractivity contribution is -1.18. The van der Waals surface area contributed by atoms with Crippen LogP contribution in [-0.4, -0.2) is 41.9 Å². The second kappa shape index (κ2) is 5.89. The highest BCUT2D eigenvalue weighted by Crippen LogP contribution is 2.42. The number of piperidine rings is 2. The van der Waals surface area contributed by atoms with Crippen LogP contribution in [0.15, 0.2) is 9.59 Å². The van der Waals surface area contributed by atoms with Gasteiger partial charge in [0, 0.05) is 5.69 Å². The van der Waals surface area contributed by atoms with Crippen molar-refractivity contribution in [3.05, 3.63) is 32.1 Å². The minimum absolute atomic E-state index is 0.0127. The van der Waals surface area contributed by atoms with Gasteiger partial charge in [0.15, 0.2) is 11.3 Å². The predicted octanol–water partition coefficient (Wildman–Crippen LogP) is -1.68. The molecule has 7 nitrogen and oxygen atoms in total. The average Bonchev–Trinajstić information content (AvgIpc) is 2.53. The first-order valence-corrected chi connectivity index (χ1v) is 9.93. The van der Waals surface area contributed by atoms with Gasteiger partial charge in [-0.15, -0.1) is 0 Å². The van der Waals surface area contributed by atoms with Gasteiger partial charge in [0.2, 0.25) is 6.17 Å². The first-order valence-electron chi connectivity index (χ1n) is 9.93. The van der Waals surface area contributed by atoms with Crippen LogP contribution < -0.4 is 21.0 Å². The number of aryl methyl sites for hydroxylation is 1. The number of aromatic amines is 2. The molecule has 0 amide bonds. The number of Topliss-reactive ketones (excluding diaryl/α,β-unsaturated/α-hetero) is 1. The van der Waals surface area contributed by atoms with Gasteiger partial charge < -0.3 is 4.98 Å². The van der Waals surface area contributed by atoms with Crippen LogP contribution in [0.4, 0.5) is 0 Å². The molecule has 4 bridgehead atoms. The molecular formula is C19H30N4O3+2. The van der Waals surface area contributed by atoms with Crippen LogP contribution >= 0.6 is 0 Å². The van der Waals surface area contributed by atoms with Crippen molar-refractivity contribution < 1.29 is 14.6 Å². The fourth-order valence-electron chi connectivity index (χ4n) is 6.47. The minimum atomic E-state index is -0.449. The first kappa shape index (κ1) is 17.7. The number of quaternary nitrogens is 2. The van der Waals surface area contributed by atoms with Gasteiger partial charge in [-0.1, -0.05) is 26.7 Å². The molecule has 4 saturated heterocycles. The number of hydrogen-bond donors (Lipinski definition) is 4. The Morgan fingerprint density at radius 2 is 1.42 bits per heavy atom. The molecule has 26 heavy (non-hydrogen) atoms. The Labute approximate surface area is 152 Å². The van der Waals surface area contributed by atoms with Crippen molar-refractivity contribution in [3.63, 3.8) is 0 Å². The molecule has 1 aromatic rings. The molecule has 5 rings (SSSR count). The van der Waals surface area contributed by atoms with E-state index in [2.05, 4.69) is 23.8 Å². The maximum absolute atomic E-state index is 13.5. The number of ketones is 1. The van der Waals surface area contributed by atoms with Crippen LogP contribution in [0.1, 0.15) is 57.0 Å². The van der Waals surface area contributed by atoms with Gasteiger partial charge in [-0.05, 0) is 19.8 Å². The molecule has 0 unspecified atom stereocenters. The molecule has 0 aliphatic carbocycles. The van der Waals surface area contributed by atoms with Gasteiger partial charge >= 0.3 is 5.69 Å². The third-order valence-corrected chi connectivity index (χ3v) is 6.96. The summed E-state index contributed by atoms with van der Waals surface area (Å²) in [7, 11) is 0. The Morgan fingerprint density at radius 3 is 1.85 bits per heavy atom. The van der Waals surface area contributed by atoms with E-state index in [9.17, 15) is 14.4 Å². The molecule has 4 aliphatic heterocycles. The van der Waals surface area contributed by atoms with E-state index >= 15 is 0 Å². The molecule has 0 radical (unpaired) electrons. The van der Waals surface area contributed by atoms with E-state index < -0.39 is 5.69 Å². The first-order chi connectivity index (χ1) is 12.4. The zero-order chi connectivity index (χ0) is 18.7. The van der Waals surface area contributed by atoms with Gasteiger partial charge in [-0.2, -0.15) is 0 Å². The standard InChI is InChI=1S/C19H28N4O3/c1-4-6-18-8-22-10-19(7-5-2,16(18)25)11-23(9-18)15(22)13-12(3)20-17(26)21-14(13)24/h15H,4-11H2,1-3H3,(H2,20,21,24,26)/p+2. The average molecular weight is 362 g/mol. The molecule has 1 aromatic heterocycles. The van der Waals surface area contributed by atoms with E-state index in [4.69, 9.17) is 0 Å². The molecule has 5 heterocycles. The topological polar surface area (TPSA) is 91.7 Å². The van der Waals surface area contributed by atoms with E-state index in [0.717, 1.165) is 51.9 Å². The molecule has 0 spiro atoms. The monoisotopic (exact) mass is 362 g/mol.